The number of rotatable bonds is 1. The smallest absolute Gasteiger partial charge is 0.326 e. The minimum absolute atomic E-state index is 0.0236. The lowest BCUT2D eigenvalue weighted by Gasteiger charge is -2.38. The van der Waals surface area contributed by atoms with E-state index in [0.29, 0.717) is 29.1 Å². The highest BCUT2D eigenvalue weighted by Gasteiger charge is 2.41. The van der Waals surface area contributed by atoms with Crippen molar-refractivity contribution in [1.82, 2.24) is 9.97 Å². The van der Waals surface area contributed by atoms with Crippen LogP contribution in [0.2, 0.25) is 5.02 Å². The number of allylic oxidation sites excluding steroid dienone is 2. The fourth-order valence-corrected chi connectivity index (χ4v) is 4.04. The molecule has 4 rings (SSSR count). The van der Waals surface area contributed by atoms with Gasteiger partial charge in [-0.15, -0.1) is 0 Å². The van der Waals surface area contributed by atoms with Gasteiger partial charge in [0.15, 0.2) is 5.78 Å². The third kappa shape index (κ3) is 2.70. The van der Waals surface area contributed by atoms with Gasteiger partial charge in [-0.1, -0.05) is 37.6 Å². The molecule has 1 aromatic heterocycles. The highest BCUT2D eigenvalue weighted by atomic mass is 35.5. The number of benzene rings is 1. The van der Waals surface area contributed by atoms with E-state index in [-0.39, 0.29) is 16.9 Å². The molecule has 0 bridgehead atoms. The molecule has 0 saturated carbocycles. The molecule has 2 aromatic rings. The van der Waals surface area contributed by atoms with Gasteiger partial charge in [0.25, 0.3) is 5.56 Å². The number of aromatic nitrogens is 2. The van der Waals surface area contributed by atoms with Crippen molar-refractivity contribution in [2.75, 3.05) is 5.32 Å². The van der Waals surface area contributed by atoms with Gasteiger partial charge in [0.05, 0.1) is 11.6 Å². The summed E-state index contributed by atoms with van der Waals surface area (Å²) in [4.78, 5) is 42.2. The summed E-state index contributed by atoms with van der Waals surface area (Å²) in [5, 5.41) is 3.69. The Morgan fingerprint density at radius 3 is 2.42 bits per heavy atom. The quantitative estimate of drug-likeness (QED) is 0.718. The maximum atomic E-state index is 13.0. The van der Waals surface area contributed by atoms with Gasteiger partial charge in [0.1, 0.15) is 5.69 Å². The van der Waals surface area contributed by atoms with Crippen LogP contribution in [0.5, 0.6) is 0 Å². The molecule has 2 heterocycles. The average molecular weight is 372 g/mol. The van der Waals surface area contributed by atoms with Crippen LogP contribution in [0.1, 0.15) is 43.9 Å². The summed E-state index contributed by atoms with van der Waals surface area (Å²) in [6.45, 7) is 4.06. The second-order valence-corrected chi connectivity index (χ2v) is 8.08. The summed E-state index contributed by atoms with van der Waals surface area (Å²) in [5.74, 6) is -0.479. The molecular weight excluding hydrogens is 354 g/mol. The molecule has 6 nitrogen and oxygen atoms in total. The van der Waals surface area contributed by atoms with Gasteiger partial charge < -0.3 is 10.3 Å². The number of anilines is 1. The van der Waals surface area contributed by atoms with E-state index in [1.165, 1.54) is 0 Å². The van der Waals surface area contributed by atoms with E-state index in [9.17, 15) is 14.4 Å². The van der Waals surface area contributed by atoms with Crippen LogP contribution in [0, 0.1) is 5.41 Å². The number of H-pyrrole nitrogens is 2. The SMILES string of the molecule is CC1(C)CC(=O)C2=C(C1)Nc1c([nH]c(=O)[nH]c1=O)C2c1ccc(Cl)cc1. The Hall–Kier alpha value is -2.60. The van der Waals surface area contributed by atoms with E-state index < -0.39 is 17.2 Å². The van der Waals surface area contributed by atoms with Crippen LogP contribution in [0.25, 0.3) is 0 Å². The van der Waals surface area contributed by atoms with Gasteiger partial charge in [0, 0.05) is 22.7 Å². The number of hydrogen-bond acceptors (Lipinski definition) is 4. The first kappa shape index (κ1) is 16.8. The highest BCUT2D eigenvalue weighted by molar-refractivity contribution is 6.30. The molecule has 0 spiro atoms. The molecule has 0 saturated heterocycles. The normalized spacial score (nSPS) is 21.0. The first-order valence-corrected chi connectivity index (χ1v) is 8.78. The molecule has 134 valence electrons. The fraction of sp³-hybridized carbons (Fsp3) is 0.316. The summed E-state index contributed by atoms with van der Waals surface area (Å²) in [6.07, 6.45) is 1.07. The zero-order valence-electron chi connectivity index (χ0n) is 14.4. The maximum absolute atomic E-state index is 13.0. The Bertz CT molecular complexity index is 1060. The first-order valence-electron chi connectivity index (χ1n) is 8.40. The maximum Gasteiger partial charge on any atom is 0.326 e. The summed E-state index contributed by atoms with van der Waals surface area (Å²) in [5.41, 5.74) is 1.57. The number of carbonyl (C=O) groups excluding carboxylic acids is 1. The molecule has 0 radical (unpaired) electrons. The first-order chi connectivity index (χ1) is 12.2. The zero-order valence-corrected chi connectivity index (χ0v) is 15.2. The monoisotopic (exact) mass is 371 g/mol. The Morgan fingerprint density at radius 2 is 1.73 bits per heavy atom. The topological polar surface area (TPSA) is 94.8 Å². The van der Waals surface area contributed by atoms with Crippen molar-refractivity contribution in [2.24, 2.45) is 5.41 Å². The molecule has 0 fully saturated rings. The number of ketones is 1. The molecule has 1 atom stereocenters. The van der Waals surface area contributed by atoms with Crippen molar-refractivity contribution >= 4 is 23.1 Å². The van der Waals surface area contributed by atoms with E-state index in [0.717, 1.165) is 11.3 Å². The van der Waals surface area contributed by atoms with E-state index >= 15 is 0 Å². The van der Waals surface area contributed by atoms with Crippen LogP contribution >= 0.6 is 11.6 Å². The Labute approximate surface area is 154 Å². The molecular formula is C19H18ClN3O3. The van der Waals surface area contributed by atoms with Crippen LogP contribution in [0.15, 0.2) is 45.1 Å². The summed E-state index contributed by atoms with van der Waals surface area (Å²) in [7, 11) is 0. The minimum atomic E-state index is -0.595. The third-order valence-electron chi connectivity index (χ3n) is 4.95. The number of hydrogen-bond donors (Lipinski definition) is 3. The van der Waals surface area contributed by atoms with Crippen molar-refractivity contribution in [3.63, 3.8) is 0 Å². The summed E-state index contributed by atoms with van der Waals surface area (Å²) in [6, 6.07) is 7.11. The van der Waals surface area contributed by atoms with Crippen LogP contribution in [-0.2, 0) is 4.79 Å². The van der Waals surface area contributed by atoms with Crippen molar-refractivity contribution < 1.29 is 4.79 Å². The molecule has 26 heavy (non-hydrogen) atoms. The summed E-state index contributed by atoms with van der Waals surface area (Å²) >= 11 is 6.00. The number of Topliss-reactive ketones (excluding diaryl/α,β-unsaturated/α-hetero) is 1. The third-order valence-corrected chi connectivity index (χ3v) is 5.20. The number of fused-ring (bicyclic) bond motifs is 1. The van der Waals surface area contributed by atoms with Crippen LogP contribution < -0.4 is 16.6 Å². The predicted octanol–water partition coefficient (Wildman–Crippen LogP) is 2.92. The lowest BCUT2D eigenvalue weighted by atomic mass is 9.70. The molecule has 0 amide bonds. The standard InChI is InChI=1S/C19H18ClN3O3/c1-19(2)7-11-14(12(24)8-19)13(9-3-5-10(20)6-4-9)15-16(21-11)17(25)23-18(26)22-15/h3-6,13,21H,7-8H2,1-2H3,(H2,22,23,25,26). The Kier molecular flexibility index (Phi) is 3.70. The lowest BCUT2D eigenvalue weighted by molar-refractivity contribution is -0.118. The Balaban J connectivity index is 2.00. The van der Waals surface area contributed by atoms with E-state index in [4.69, 9.17) is 11.6 Å². The van der Waals surface area contributed by atoms with E-state index in [1.54, 1.807) is 12.1 Å². The van der Waals surface area contributed by atoms with Crippen molar-refractivity contribution in [3.8, 4) is 0 Å². The lowest BCUT2D eigenvalue weighted by Crippen LogP contribution is -2.38. The zero-order chi connectivity index (χ0) is 18.6. The van der Waals surface area contributed by atoms with Crippen molar-refractivity contribution in [3.05, 3.63) is 72.7 Å². The van der Waals surface area contributed by atoms with Crippen LogP contribution in [-0.4, -0.2) is 15.8 Å². The second-order valence-electron chi connectivity index (χ2n) is 7.64. The van der Waals surface area contributed by atoms with Crippen LogP contribution in [0.3, 0.4) is 0 Å². The number of aromatic amines is 2. The van der Waals surface area contributed by atoms with E-state index in [1.807, 2.05) is 26.0 Å². The Morgan fingerprint density at radius 1 is 1.04 bits per heavy atom. The molecule has 1 aromatic carbocycles. The molecule has 2 aliphatic rings. The minimum Gasteiger partial charge on any atom is -0.353 e. The second kappa shape index (κ2) is 5.71. The molecule has 3 N–H and O–H groups in total. The number of carbonyl (C=O) groups is 1. The van der Waals surface area contributed by atoms with Crippen LogP contribution in [0.4, 0.5) is 5.69 Å². The van der Waals surface area contributed by atoms with E-state index in [2.05, 4.69) is 15.3 Å². The largest absolute Gasteiger partial charge is 0.353 e. The predicted molar refractivity (Wildman–Crippen MR) is 99.6 cm³/mol. The molecule has 1 aliphatic carbocycles. The molecule has 7 heteroatoms. The number of halogens is 1. The molecule has 1 unspecified atom stereocenters. The van der Waals surface area contributed by atoms with Gasteiger partial charge >= 0.3 is 5.69 Å². The van der Waals surface area contributed by atoms with Crippen molar-refractivity contribution in [2.45, 2.75) is 32.6 Å². The fourth-order valence-electron chi connectivity index (χ4n) is 3.91. The van der Waals surface area contributed by atoms with Gasteiger partial charge in [-0.25, -0.2) is 4.79 Å². The summed E-state index contributed by atoms with van der Waals surface area (Å²) < 4.78 is 0. The average Bonchev–Trinajstić information content (AvgIpc) is 2.53. The van der Waals surface area contributed by atoms with Gasteiger partial charge in [-0.3, -0.25) is 14.6 Å². The van der Waals surface area contributed by atoms with Gasteiger partial charge in [-0.05, 0) is 29.5 Å². The van der Waals surface area contributed by atoms with Gasteiger partial charge in [0.2, 0.25) is 0 Å². The highest BCUT2D eigenvalue weighted by Crippen LogP contribution is 2.47. The van der Waals surface area contributed by atoms with Crippen molar-refractivity contribution in [1.29, 1.82) is 0 Å². The van der Waals surface area contributed by atoms with Gasteiger partial charge in [-0.2, -0.15) is 0 Å². The molecule has 1 aliphatic heterocycles. The number of nitrogens with one attached hydrogen (secondary N) is 3.